The lowest BCUT2D eigenvalue weighted by Gasteiger charge is -2.16. The summed E-state index contributed by atoms with van der Waals surface area (Å²) in [6.45, 7) is 4.42. The summed E-state index contributed by atoms with van der Waals surface area (Å²) in [6, 6.07) is 10.8. The Hall–Kier alpha value is -2.60. The van der Waals surface area contributed by atoms with E-state index in [1.807, 2.05) is 26.1 Å². The second-order valence-electron chi connectivity index (χ2n) is 5.04. The van der Waals surface area contributed by atoms with E-state index in [-0.39, 0.29) is 5.82 Å². The fourth-order valence-corrected chi connectivity index (χ4v) is 2.18. The number of anilines is 1. The normalized spacial score (nSPS) is 9.54. The summed E-state index contributed by atoms with van der Waals surface area (Å²) in [7, 11) is 1.87. The largest absolute Gasteiger partial charge is 0.486 e. The van der Waals surface area contributed by atoms with E-state index in [1.54, 1.807) is 11.5 Å². The molecule has 0 radical (unpaired) electrons. The zero-order chi connectivity index (χ0) is 17.9. The Kier molecular flexibility index (Phi) is 8.29. The van der Waals surface area contributed by atoms with Gasteiger partial charge in [0.2, 0.25) is 6.41 Å². The Morgan fingerprint density at radius 3 is 2.54 bits per heavy atom. The Morgan fingerprint density at radius 1 is 1.25 bits per heavy atom. The molecule has 0 saturated carbocycles. The van der Waals surface area contributed by atoms with Gasteiger partial charge in [0.1, 0.15) is 18.2 Å². The minimum absolute atomic E-state index is 0.230. The molecule has 0 atom stereocenters. The Balaban J connectivity index is 0.000000648. The second kappa shape index (κ2) is 10.2. The number of aryl methyl sites for hydroxylation is 2. The van der Waals surface area contributed by atoms with E-state index in [2.05, 4.69) is 24.1 Å². The number of nitrogens with two attached hydrogens (primary N) is 1. The number of hydrazine groups is 1. The molecule has 24 heavy (non-hydrogen) atoms. The fourth-order valence-electron chi connectivity index (χ4n) is 2.18. The molecule has 0 unspecified atom stereocenters. The van der Waals surface area contributed by atoms with Gasteiger partial charge in [0.25, 0.3) is 0 Å². The predicted octanol–water partition coefficient (Wildman–Crippen LogP) is 2.92. The number of carbonyl (C=O) groups is 1. The lowest BCUT2D eigenvalue weighted by molar-refractivity contribution is -0.109. The van der Waals surface area contributed by atoms with Crippen LogP contribution in [0.15, 0.2) is 36.4 Å². The molecule has 2 rings (SSSR count). The number of rotatable bonds is 6. The van der Waals surface area contributed by atoms with Gasteiger partial charge in [-0.05, 0) is 48.2 Å². The van der Waals surface area contributed by atoms with Crippen molar-refractivity contribution >= 4 is 12.1 Å². The Morgan fingerprint density at radius 2 is 1.96 bits per heavy atom. The summed E-state index contributed by atoms with van der Waals surface area (Å²) in [5, 5.41) is 3.13. The molecule has 2 aromatic rings. The molecule has 2 aromatic carbocycles. The summed E-state index contributed by atoms with van der Waals surface area (Å²) in [5.74, 6) is 5.03. The van der Waals surface area contributed by atoms with Crippen molar-refractivity contribution < 1.29 is 13.9 Å². The van der Waals surface area contributed by atoms with Gasteiger partial charge in [0.15, 0.2) is 0 Å². The monoisotopic (exact) mass is 333 g/mol. The van der Waals surface area contributed by atoms with Crippen molar-refractivity contribution in [3.05, 3.63) is 58.9 Å². The maximum Gasteiger partial charge on any atom is 0.221 e. The number of carbonyl (C=O) groups excluding carboxylic acids is 1. The third-order valence-corrected chi connectivity index (χ3v) is 3.50. The zero-order valence-electron chi connectivity index (χ0n) is 14.2. The molecule has 0 bridgehead atoms. The number of nitrogens with one attached hydrogen (secondary N) is 2. The van der Waals surface area contributed by atoms with E-state index in [0.717, 1.165) is 34.5 Å². The van der Waals surface area contributed by atoms with Crippen molar-refractivity contribution in [1.82, 2.24) is 5.43 Å². The third-order valence-electron chi connectivity index (χ3n) is 3.50. The van der Waals surface area contributed by atoms with E-state index >= 15 is 0 Å². The van der Waals surface area contributed by atoms with Gasteiger partial charge in [-0.2, -0.15) is 0 Å². The highest BCUT2D eigenvalue weighted by molar-refractivity contribution is 5.60. The van der Waals surface area contributed by atoms with Gasteiger partial charge < -0.3 is 10.1 Å². The molecule has 0 aliphatic rings. The zero-order valence-corrected chi connectivity index (χ0v) is 14.2. The maximum absolute atomic E-state index is 13.3. The van der Waals surface area contributed by atoms with Gasteiger partial charge in [-0.3, -0.25) is 10.2 Å². The Labute approximate surface area is 142 Å². The second-order valence-corrected chi connectivity index (χ2v) is 5.04. The van der Waals surface area contributed by atoms with Crippen LogP contribution in [0.5, 0.6) is 5.75 Å². The maximum atomic E-state index is 13.3. The molecule has 0 aliphatic carbocycles. The standard InChI is InChI=1S/C17H20FNO.CH4N2O/c1-4-13-6-5-7-16(19-3)17(13)20-11-14-10-15(18)9-8-12(14)2;2-3-1-4/h5-10,19H,4,11H2,1-3H3;1H,2H2,(H,3,4). The van der Waals surface area contributed by atoms with Gasteiger partial charge in [0.05, 0.1) is 5.69 Å². The highest BCUT2D eigenvalue weighted by Gasteiger charge is 2.09. The van der Waals surface area contributed by atoms with Crippen LogP contribution < -0.4 is 21.3 Å². The summed E-state index contributed by atoms with van der Waals surface area (Å²) >= 11 is 0. The molecule has 0 aromatic heterocycles. The van der Waals surface area contributed by atoms with Crippen LogP contribution in [0.25, 0.3) is 0 Å². The van der Waals surface area contributed by atoms with E-state index in [4.69, 9.17) is 9.53 Å². The number of ether oxygens (including phenoxy) is 1. The predicted molar refractivity (Wildman–Crippen MR) is 94.2 cm³/mol. The van der Waals surface area contributed by atoms with Crippen LogP contribution >= 0.6 is 0 Å². The summed E-state index contributed by atoms with van der Waals surface area (Å²) < 4.78 is 19.2. The molecular formula is C18H24FN3O2. The van der Waals surface area contributed by atoms with E-state index in [1.165, 1.54) is 12.1 Å². The van der Waals surface area contributed by atoms with Gasteiger partial charge >= 0.3 is 0 Å². The number of halogens is 1. The molecule has 0 spiro atoms. The number of amides is 1. The van der Waals surface area contributed by atoms with E-state index in [0.29, 0.717) is 13.0 Å². The molecule has 0 heterocycles. The van der Waals surface area contributed by atoms with Crippen LogP contribution in [0.3, 0.4) is 0 Å². The van der Waals surface area contributed by atoms with Gasteiger partial charge in [-0.25, -0.2) is 10.2 Å². The molecule has 0 aliphatic heterocycles. The molecule has 4 N–H and O–H groups in total. The topological polar surface area (TPSA) is 76.4 Å². The lowest BCUT2D eigenvalue weighted by Crippen LogP contribution is -2.18. The van der Waals surface area contributed by atoms with Crippen LogP contribution in [-0.2, 0) is 17.8 Å². The smallest absolute Gasteiger partial charge is 0.221 e. The van der Waals surface area contributed by atoms with Gasteiger partial charge in [-0.15, -0.1) is 0 Å². The van der Waals surface area contributed by atoms with Crippen molar-refractivity contribution in [2.24, 2.45) is 5.84 Å². The molecule has 6 heteroatoms. The first kappa shape index (κ1) is 19.4. The first-order chi connectivity index (χ1) is 11.6. The van der Waals surface area contributed by atoms with Crippen LogP contribution in [-0.4, -0.2) is 13.5 Å². The van der Waals surface area contributed by atoms with Crippen LogP contribution in [0.2, 0.25) is 0 Å². The lowest BCUT2D eigenvalue weighted by atomic mass is 10.1. The highest BCUT2D eigenvalue weighted by Crippen LogP contribution is 2.30. The quantitative estimate of drug-likeness (QED) is 0.329. The minimum Gasteiger partial charge on any atom is -0.486 e. The number of hydrogen-bond donors (Lipinski definition) is 3. The first-order valence-electron chi connectivity index (χ1n) is 7.64. The number of benzene rings is 2. The van der Waals surface area contributed by atoms with Crippen LogP contribution in [0.4, 0.5) is 10.1 Å². The molecule has 0 saturated heterocycles. The van der Waals surface area contributed by atoms with Gasteiger partial charge in [0, 0.05) is 7.05 Å². The average Bonchev–Trinajstić information content (AvgIpc) is 2.62. The first-order valence-corrected chi connectivity index (χ1v) is 7.64. The highest BCUT2D eigenvalue weighted by atomic mass is 19.1. The van der Waals surface area contributed by atoms with Crippen molar-refractivity contribution in [2.75, 3.05) is 12.4 Å². The van der Waals surface area contributed by atoms with Crippen molar-refractivity contribution in [3.63, 3.8) is 0 Å². The summed E-state index contributed by atoms with van der Waals surface area (Å²) in [6.07, 6.45) is 1.30. The number of para-hydroxylation sites is 1. The fraction of sp³-hybridized carbons (Fsp3) is 0.278. The van der Waals surface area contributed by atoms with Crippen LogP contribution in [0.1, 0.15) is 23.6 Å². The van der Waals surface area contributed by atoms with Gasteiger partial charge in [-0.1, -0.05) is 25.1 Å². The summed E-state index contributed by atoms with van der Waals surface area (Å²) in [4.78, 5) is 8.94. The molecule has 1 amide bonds. The molecule has 130 valence electrons. The van der Waals surface area contributed by atoms with Crippen molar-refractivity contribution in [1.29, 1.82) is 0 Å². The molecule has 0 fully saturated rings. The Bertz CT molecular complexity index is 640. The number of hydrogen-bond acceptors (Lipinski definition) is 4. The molecular weight excluding hydrogens is 309 g/mol. The molecule has 5 nitrogen and oxygen atoms in total. The summed E-state index contributed by atoms with van der Waals surface area (Å²) in [5.41, 5.74) is 5.76. The minimum atomic E-state index is -0.230. The van der Waals surface area contributed by atoms with E-state index in [9.17, 15) is 4.39 Å². The van der Waals surface area contributed by atoms with Crippen LogP contribution in [0, 0.1) is 12.7 Å². The third kappa shape index (κ3) is 5.55. The van der Waals surface area contributed by atoms with Crippen molar-refractivity contribution in [2.45, 2.75) is 26.9 Å². The van der Waals surface area contributed by atoms with Crippen molar-refractivity contribution in [3.8, 4) is 5.75 Å². The average molecular weight is 333 g/mol. The SMILES string of the molecule is CCc1cccc(NC)c1OCc1cc(F)ccc1C.NNC=O. The van der Waals surface area contributed by atoms with E-state index < -0.39 is 0 Å².